The molecular formula is C13H14N4O2. The summed E-state index contributed by atoms with van der Waals surface area (Å²) in [7, 11) is 0. The van der Waals surface area contributed by atoms with E-state index in [1.54, 1.807) is 34.3 Å². The monoisotopic (exact) mass is 258 g/mol. The van der Waals surface area contributed by atoms with Crippen molar-refractivity contribution >= 4 is 11.8 Å². The number of hydrogen-bond acceptors (Lipinski definition) is 4. The quantitative estimate of drug-likeness (QED) is 0.763. The summed E-state index contributed by atoms with van der Waals surface area (Å²) < 4.78 is 0. The Hall–Kier alpha value is -2.42. The number of carbonyl (C=O) groups is 2. The third-order valence-electron chi connectivity index (χ3n) is 3.08. The molecule has 0 spiro atoms. The first-order chi connectivity index (χ1) is 9.22. The lowest BCUT2D eigenvalue weighted by Gasteiger charge is -2.34. The van der Waals surface area contributed by atoms with Gasteiger partial charge in [0.05, 0.1) is 6.07 Å². The van der Waals surface area contributed by atoms with E-state index in [0.29, 0.717) is 31.7 Å². The van der Waals surface area contributed by atoms with E-state index in [9.17, 15) is 9.59 Å². The van der Waals surface area contributed by atoms with Crippen LogP contribution >= 0.6 is 0 Å². The van der Waals surface area contributed by atoms with Crippen LogP contribution in [0.5, 0.6) is 0 Å². The molecule has 0 bridgehead atoms. The highest BCUT2D eigenvalue weighted by Crippen LogP contribution is 2.08. The van der Waals surface area contributed by atoms with Gasteiger partial charge in [0.15, 0.2) is 0 Å². The van der Waals surface area contributed by atoms with Gasteiger partial charge in [-0.15, -0.1) is 0 Å². The van der Waals surface area contributed by atoms with Gasteiger partial charge in [-0.1, -0.05) is 0 Å². The molecule has 1 aromatic rings. The van der Waals surface area contributed by atoms with E-state index in [2.05, 4.69) is 4.98 Å². The van der Waals surface area contributed by atoms with Gasteiger partial charge >= 0.3 is 0 Å². The van der Waals surface area contributed by atoms with Crippen LogP contribution in [0.4, 0.5) is 0 Å². The minimum absolute atomic E-state index is 0.0465. The van der Waals surface area contributed by atoms with Crippen LogP contribution in [-0.2, 0) is 4.79 Å². The highest BCUT2D eigenvalue weighted by atomic mass is 16.2. The molecule has 2 heterocycles. The van der Waals surface area contributed by atoms with Crippen LogP contribution in [0.2, 0.25) is 0 Å². The van der Waals surface area contributed by atoms with Gasteiger partial charge in [-0.3, -0.25) is 14.6 Å². The highest BCUT2D eigenvalue weighted by molar-refractivity contribution is 5.94. The zero-order chi connectivity index (χ0) is 13.7. The van der Waals surface area contributed by atoms with E-state index < -0.39 is 0 Å². The number of pyridine rings is 1. The molecule has 0 aromatic carbocycles. The molecule has 2 amide bonds. The van der Waals surface area contributed by atoms with Crippen molar-refractivity contribution in [3.8, 4) is 6.07 Å². The molecular weight excluding hydrogens is 244 g/mol. The Morgan fingerprint density at radius 1 is 1.16 bits per heavy atom. The summed E-state index contributed by atoms with van der Waals surface area (Å²) in [4.78, 5) is 30.9. The minimum atomic E-state index is -0.168. The molecule has 1 aliphatic heterocycles. The second-order valence-corrected chi connectivity index (χ2v) is 4.24. The van der Waals surface area contributed by atoms with Crippen LogP contribution < -0.4 is 0 Å². The molecule has 19 heavy (non-hydrogen) atoms. The standard InChI is InChI=1S/C13H14N4O2/c14-4-1-12(18)16-7-9-17(10-8-16)13(19)11-2-5-15-6-3-11/h2-3,5-6H,1,7-10H2. The maximum Gasteiger partial charge on any atom is 0.254 e. The Kier molecular flexibility index (Phi) is 4.08. The highest BCUT2D eigenvalue weighted by Gasteiger charge is 2.24. The summed E-state index contributed by atoms with van der Waals surface area (Å²) in [5.41, 5.74) is 0.604. The smallest absolute Gasteiger partial charge is 0.254 e. The summed E-state index contributed by atoms with van der Waals surface area (Å²) in [5.74, 6) is -0.215. The van der Waals surface area contributed by atoms with Gasteiger partial charge in [-0.2, -0.15) is 5.26 Å². The molecule has 2 rings (SSSR count). The molecule has 98 valence electrons. The van der Waals surface area contributed by atoms with Crippen LogP contribution in [0.15, 0.2) is 24.5 Å². The Labute approximate surface area is 111 Å². The normalized spacial score (nSPS) is 14.9. The lowest BCUT2D eigenvalue weighted by molar-refractivity contribution is -0.131. The van der Waals surface area contributed by atoms with Crippen molar-refractivity contribution in [2.45, 2.75) is 6.42 Å². The summed E-state index contributed by atoms with van der Waals surface area (Å²) >= 11 is 0. The Bertz CT molecular complexity index is 501. The minimum Gasteiger partial charge on any atom is -0.338 e. The van der Waals surface area contributed by atoms with Gasteiger partial charge < -0.3 is 9.80 Å². The fourth-order valence-electron chi connectivity index (χ4n) is 2.02. The van der Waals surface area contributed by atoms with Crippen LogP contribution in [0.3, 0.4) is 0 Å². The zero-order valence-corrected chi connectivity index (χ0v) is 10.5. The first-order valence-electron chi connectivity index (χ1n) is 6.06. The SMILES string of the molecule is N#CCC(=O)N1CCN(C(=O)c2ccncc2)CC1. The van der Waals surface area contributed by atoms with Crippen LogP contribution in [-0.4, -0.2) is 52.8 Å². The summed E-state index contributed by atoms with van der Waals surface area (Å²) in [6.07, 6.45) is 3.07. The van der Waals surface area contributed by atoms with Crippen molar-refractivity contribution in [3.05, 3.63) is 30.1 Å². The second-order valence-electron chi connectivity index (χ2n) is 4.24. The van der Waals surface area contributed by atoms with E-state index in [4.69, 9.17) is 5.26 Å². The number of piperazine rings is 1. The Balaban J connectivity index is 1.92. The molecule has 0 aliphatic carbocycles. The predicted molar refractivity (Wildman–Crippen MR) is 67.0 cm³/mol. The molecule has 6 heteroatoms. The average Bonchev–Trinajstić information content (AvgIpc) is 2.48. The summed E-state index contributed by atoms with van der Waals surface area (Å²) in [5, 5.41) is 8.49. The molecule has 0 radical (unpaired) electrons. The first kappa shape index (κ1) is 13.0. The van der Waals surface area contributed by atoms with E-state index in [1.807, 2.05) is 6.07 Å². The number of hydrogen-bond donors (Lipinski definition) is 0. The van der Waals surface area contributed by atoms with Crippen molar-refractivity contribution in [1.29, 1.82) is 5.26 Å². The van der Waals surface area contributed by atoms with Gasteiger partial charge in [0.25, 0.3) is 5.91 Å². The van der Waals surface area contributed by atoms with Crippen LogP contribution in [0.25, 0.3) is 0 Å². The molecule has 1 saturated heterocycles. The number of nitriles is 1. The van der Waals surface area contributed by atoms with Gasteiger partial charge in [0.2, 0.25) is 5.91 Å². The molecule has 1 fully saturated rings. The third kappa shape index (κ3) is 3.07. The average molecular weight is 258 g/mol. The maximum atomic E-state index is 12.1. The van der Waals surface area contributed by atoms with Crippen LogP contribution in [0, 0.1) is 11.3 Å². The molecule has 1 aliphatic rings. The number of aromatic nitrogens is 1. The van der Waals surface area contributed by atoms with Crippen molar-refractivity contribution in [3.63, 3.8) is 0 Å². The topological polar surface area (TPSA) is 77.3 Å². The zero-order valence-electron chi connectivity index (χ0n) is 10.5. The van der Waals surface area contributed by atoms with E-state index in [-0.39, 0.29) is 18.2 Å². The summed E-state index contributed by atoms with van der Waals surface area (Å²) in [6.45, 7) is 1.96. The maximum absolute atomic E-state index is 12.1. The Morgan fingerprint density at radius 3 is 2.32 bits per heavy atom. The fraction of sp³-hybridized carbons (Fsp3) is 0.385. The molecule has 0 saturated carbocycles. The largest absolute Gasteiger partial charge is 0.338 e. The number of carbonyl (C=O) groups excluding carboxylic acids is 2. The Morgan fingerprint density at radius 2 is 1.74 bits per heavy atom. The molecule has 0 N–H and O–H groups in total. The number of amides is 2. The van der Waals surface area contributed by atoms with Crippen molar-refractivity contribution in [1.82, 2.24) is 14.8 Å². The summed E-state index contributed by atoms with van der Waals surface area (Å²) in [6, 6.07) is 5.20. The van der Waals surface area contributed by atoms with E-state index >= 15 is 0 Å². The third-order valence-corrected chi connectivity index (χ3v) is 3.08. The molecule has 6 nitrogen and oxygen atoms in total. The van der Waals surface area contributed by atoms with Crippen molar-refractivity contribution < 1.29 is 9.59 Å². The fourth-order valence-corrected chi connectivity index (χ4v) is 2.02. The molecule has 0 atom stereocenters. The van der Waals surface area contributed by atoms with E-state index in [0.717, 1.165) is 0 Å². The number of rotatable bonds is 2. The molecule has 1 aromatic heterocycles. The van der Waals surface area contributed by atoms with Gasteiger partial charge in [-0.05, 0) is 12.1 Å². The predicted octanol–water partition coefficient (Wildman–Crippen LogP) is 0.280. The number of nitrogens with zero attached hydrogens (tertiary/aromatic N) is 4. The first-order valence-corrected chi connectivity index (χ1v) is 6.06. The van der Waals surface area contributed by atoms with Crippen molar-refractivity contribution in [2.24, 2.45) is 0 Å². The van der Waals surface area contributed by atoms with Crippen molar-refractivity contribution in [2.75, 3.05) is 26.2 Å². The second kappa shape index (κ2) is 5.96. The van der Waals surface area contributed by atoms with Gasteiger partial charge in [-0.25, -0.2) is 0 Å². The lowest BCUT2D eigenvalue weighted by Crippen LogP contribution is -2.50. The van der Waals surface area contributed by atoms with Crippen LogP contribution in [0.1, 0.15) is 16.8 Å². The lowest BCUT2D eigenvalue weighted by atomic mass is 10.2. The van der Waals surface area contributed by atoms with E-state index in [1.165, 1.54) is 0 Å². The van der Waals surface area contributed by atoms with Gasteiger partial charge in [0.1, 0.15) is 6.42 Å². The molecule has 0 unspecified atom stereocenters. The van der Waals surface area contributed by atoms with Gasteiger partial charge in [0, 0.05) is 44.1 Å².